The first-order valence-corrected chi connectivity index (χ1v) is 8.67. The Morgan fingerprint density at radius 2 is 1.74 bits per heavy atom. The fourth-order valence-electron chi connectivity index (χ4n) is 3.34. The van der Waals surface area contributed by atoms with Gasteiger partial charge in [-0.2, -0.15) is 0 Å². The van der Waals surface area contributed by atoms with Crippen molar-refractivity contribution in [3.05, 3.63) is 29.8 Å². The van der Waals surface area contributed by atoms with Crippen molar-refractivity contribution in [3.63, 3.8) is 0 Å². The SMILES string of the molecule is CCC(C)NC(=O)C1(c2ccc(NC(C)=O)cc2)CCCCC1. The Labute approximate surface area is 139 Å². The van der Waals surface area contributed by atoms with Crippen molar-refractivity contribution in [2.24, 2.45) is 0 Å². The Hall–Kier alpha value is -1.84. The minimum absolute atomic E-state index is 0.0837. The van der Waals surface area contributed by atoms with Crippen molar-refractivity contribution in [1.82, 2.24) is 5.32 Å². The van der Waals surface area contributed by atoms with E-state index < -0.39 is 5.41 Å². The Balaban J connectivity index is 2.27. The molecule has 0 heterocycles. The number of amides is 2. The zero-order valence-corrected chi connectivity index (χ0v) is 14.4. The second-order valence-electron chi connectivity index (χ2n) is 6.68. The summed E-state index contributed by atoms with van der Waals surface area (Å²) in [4.78, 5) is 24.1. The smallest absolute Gasteiger partial charge is 0.230 e. The lowest BCUT2D eigenvalue weighted by Gasteiger charge is -2.37. The predicted octanol–water partition coefficient (Wildman–Crippen LogP) is 3.76. The van der Waals surface area contributed by atoms with Crippen molar-refractivity contribution < 1.29 is 9.59 Å². The van der Waals surface area contributed by atoms with Crippen LogP contribution in [-0.4, -0.2) is 17.9 Å². The maximum Gasteiger partial charge on any atom is 0.230 e. The summed E-state index contributed by atoms with van der Waals surface area (Å²) < 4.78 is 0. The molecule has 4 nitrogen and oxygen atoms in total. The second-order valence-corrected chi connectivity index (χ2v) is 6.68. The van der Waals surface area contributed by atoms with Gasteiger partial charge in [-0.15, -0.1) is 0 Å². The summed E-state index contributed by atoms with van der Waals surface area (Å²) in [6.07, 6.45) is 6.10. The van der Waals surface area contributed by atoms with Gasteiger partial charge in [0.15, 0.2) is 0 Å². The van der Waals surface area contributed by atoms with Crippen LogP contribution in [0.3, 0.4) is 0 Å². The van der Waals surface area contributed by atoms with Gasteiger partial charge >= 0.3 is 0 Å². The summed E-state index contributed by atoms with van der Waals surface area (Å²) in [6, 6.07) is 7.97. The molecule has 1 unspecified atom stereocenters. The lowest BCUT2D eigenvalue weighted by Crippen LogP contribution is -2.48. The van der Waals surface area contributed by atoms with Gasteiger partial charge < -0.3 is 10.6 Å². The molecule has 23 heavy (non-hydrogen) atoms. The van der Waals surface area contributed by atoms with Crippen LogP contribution < -0.4 is 10.6 Å². The predicted molar refractivity (Wildman–Crippen MR) is 93.4 cm³/mol. The Kier molecular flexibility index (Phi) is 5.80. The van der Waals surface area contributed by atoms with E-state index >= 15 is 0 Å². The van der Waals surface area contributed by atoms with Crippen molar-refractivity contribution in [1.29, 1.82) is 0 Å². The average molecular weight is 316 g/mol. The number of carbonyl (C=O) groups is 2. The first-order chi connectivity index (χ1) is 11.0. The van der Waals surface area contributed by atoms with E-state index in [2.05, 4.69) is 17.6 Å². The van der Waals surface area contributed by atoms with Gasteiger partial charge in [-0.25, -0.2) is 0 Å². The zero-order valence-electron chi connectivity index (χ0n) is 14.4. The quantitative estimate of drug-likeness (QED) is 0.869. The number of carbonyl (C=O) groups excluding carboxylic acids is 2. The average Bonchev–Trinajstić information content (AvgIpc) is 2.55. The van der Waals surface area contributed by atoms with E-state index in [0.717, 1.165) is 43.4 Å². The molecular weight excluding hydrogens is 288 g/mol. The number of hydrogen-bond donors (Lipinski definition) is 2. The van der Waals surface area contributed by atoms with Crippen molar-refractivity contribution >= 4 is 17.5 Å². The molecule has 4 heteroatoms. The van der Waals surface area contributed by atoms with E-state index in [0.29, 0.717) is 0 Å². The molecular formula is C19H28N2O2. The molecule has 0 aliphatic heterocycles. The molecule has 0 spiro atoms. The number of nitrogens with one attached hydrogen (secondary N) is 2. The molecule has 1 aliphatic rings. The monoisotopic (exact) mass is 316 g/mol. The zero-order chi connectivity index (χ0) is 16.9. The molecule has 1 aromatic carbocycles. The fourth-order valence-corrected chi connectivity index (χ4v) is 3.34. The van der Waals surface area contributed by atoms with Crippen LogP contribution in [0.4, 0.5) is 5.69 Å². The molecule has 1 atom stereocenters. The highest BCUT2D eigenvalue weighted by Gasteiger charge is 2.41. The van der Waals surface area contributed by atoms with Crippen LogP contribution in [0.1, 0.15) is 64.9 Å². The van der Waals surface area contributed by atoms with Gasteiger partial charge in [-0.05, 0) is 43.9 Å². The third kappa shape index (κ3) is 4.12. The molecule has 0 radical (unpaired) electrons. The van der Waals surface area contributed by atoms with E-state index in [-0.39, 0.29) is 17.9 Å². The first kappa shape index (κ1) is 17.5. The van der Waals surface area contributed by atoms with Crippen LogP contribution in [-0.2, 0) is 15.0 Å². The third-order valence-electron chi connectivity index (χ3n) is 4.89. The normalized spacial score (nSPS) is 18.0. The van der Waals surface area contributed by atoms with Crippen LogP contribution in [0, 0.1) is 0 Å². The minimum atomic E-state index is -0.420. The molecule has 0 saturated heterocycles. The maximum atomic E-state index is 13.0. The van der Waals surface area contributed by atoms with Crippen molar-refractivity contribution in [2.45, 2.75) is 70.8 Å². The Morgan fingerprint density at radius 1 is 1.13 bits per heavy atom. The molecule has 2 rings (SSSR count). The van der Waals surface area contributed by atoms with Gasteiger partial charge in [0.1, 0.15) is 0 Å². The topological polar surface area (TPSA) is 58.2 Å². The molecule has 2 amide bonds. The van der Waals surface area contributed by atoms with Gasteiger partial charge in [0.05, 0.1) is 5.41 Å². The van der Waals surface area contributed by atoms with Crippen LogP contribution in [0.25, 0.3) is 0 Å². The summed E-state index contributed by atoms with van der Waals surface area (Å²) in [5.74, 6) is 0.0680. The van der Waals surface area contributed by atoms with E-state index in [4.69, 9.17) is 0 Å². The van der Waals surface area contributed by atoms with Crippen LogP contribution in [0.2, 0.25) is 0 Å². The van der Waals surface area contributed by atoms with Crippen molar-refractivity contribution in [2.75, 3.05) is 5.32 Å². The summed E-state index contributed by atoms with van der Waals surface area (Å²) >= 11 is 0. The summed E-state index contributed by atoms with van der Waals surface area (Å²) in [5.41, 5.74) is 1.41. The molecule has 1 fully saturated rings. The number of hydrogen-bond acceptors (Lipinski definition) is 2. The highest BCUT2D eigenvalue weighted by Crippen LogP contribution is 2.40. The lowest BCUT2D eigenvalue weighted by atomic mass is 9.68. The van der Waals surface area contributed by atoms with Crippen LogP contribution in [0.5, 0.6) is 0 Å². The fraction of sp³-hybridized carbons (Fsp3) is 0.579. The largest absolute Gasteiger partial charge is 0.353 e. The summed E-state index contributed by atoms with van der Waals surface area (Å²) in [6.45, 7) is 5.63. The molecule has 0 aromatic heterocycles. The third-order valence-corrected chi connectivity index (χ3v) is 4.89. The van der Waals surface area contributed by atoms with E-state index in [1.165, 1.54) is 13.3 Å². The molecule has 1 saturated carbocycles. The van der Waals surface area contributed by atoms with Gasteiger partial charge in [0.2, 0.25) is 11.8 Å². The van der Waals surface area contributed by atoms with Crippen LogP contribution >= 0.6 is 0 Å². The summed E-state index contributed by atoms with van der Waals surface area (Å²) in [7, 11) is 0. The first-order valence-electron chi connectivity index (χ1n) is 8.67. The highest BCUT2D eigenvalue weighted by molar-refractivity contribution is 5.90. The molecule has 1 aliphatic carbocycles. The second kappa shape index (κ2) is 7.62. The van der Waals surface area contributed by atoms with E-state index in [9.17, 15) is 9.59 Å². The molecule has 126 valence electrons. The Morgan fingerprint density at radius 3 is 2.26 bits per heavy atom. The maximum absolute atomic E-state index is 13.0. The van der Waals surface area contributed by atoms with Gasteiger partial charge in [-0.1, -0.05) is 38.3 Å². The highest BCUT2D eigenvalue weighted by atomic mass is 16.2. The molecule has 1 aromatic rings. The van der Waals surface area contributed by atoms with Gasteiger partial charge in [0.25, 0.3) is 0 Å². The lowest BCUT2D eigenvalue weighted by molar-refractivity contribution is -0.128. The Bertz CT molecular complexity index is 545. The standard InChI is InChI=1S/C19H28N2O2/c1-4-14(2)20-18(23)19(12-6-5-7-13-19)16-8-10-17(11-9-16)21-15(3)22/h8-11,14H,4-7,12-13H2,1-3H3,(H,20,23)(H,21,22). The summed E-state index contributed by atoms with van der Waals surface area (Å²) in [5, 5.41) is 5.96. The van der Waals surface area contributed by atoms with Gasteiger partial charge in [0, 0.05) is 18.7 Å². The molecule has 2 N–H and O–H groups in total. The van der Waals surface area contributed by atoms with Crippen LogP contribution in [0.15, 0.2) is 24.3 Å². The molecule has 0 bridgehead atoms. The van der Waals surface area contributed by atoms with Gasteiger partial charge in [-0.3, -0.25) is 9.59 Å². The minimum Gasteiger partial charge on any atom is -0.353 e. The van der Waals surface area contributed by atoms with Crippen molar-refractivity contribution in [3.8, 4) is 0 Å². The van der Waals surface area contributed by atoms with E-state index in [1.807, 2.05) is 31.2 Å². The number of anilines is 1. The van der Waals surface area contributed by atoms with E-state index in [1.54, 1.807) is 0 Å². The number of benzene rings is 1. The number of rotatable bonds is 5.